The molecular formula is C13H20N2O2. The number of benzene rings is 1. The van der Waals surface area contributed by atoms with Crippen molar-refractivity contribution in [2.24, 2.45) is 0 Å². The van der Waals surface area contributed by atoms with Gasteiger partial charge in [0.2, 0.25) is 5.91 Å². The van der Waals surface area contributed by atoms with Gasteiger partial charge in [0.25, 0.3) is 0 Å². The molecule has 1 atom stereocenters. The Labute approximate surface area is 103 Å². The molecule has 1 aromatic carbocycles. The SMILES string of the molecule is CCOc1ccc(N[C@@H](C)C(=O)N(C)C)cc1. The lowest BCUT2D eigenvalue weighted by Gasteiger charge is -2.19. The Morgan fingerprint density at radius 2 is 1.94 bits per heavy atom. The standard InChI is InChI=1S/C13H20N2O2/c1-5-17-12-8-6-11(7-9-12)14-10(2)13(16)15(3)4/h6-10,14H,5H2,1-4H3/t10-/m0/s1. The van der Waals surface area contributed by atoms with E-state index in [0.29, 0.717) is 6.61 Å². The average Bonchev–Trinajstić information content (AvgIpc) is 2.30. The molecule has 17 heavy (non-hydrogen) atoms. The maximum absolute atomic E-state index is 11.7. The third-order valence-corrected chi connectivity index (χ3v) is 2.36. The van der Waals surface area contributed by atoms with Crippen molar-refractivity contribution in [1.29, 1.82) is 0 Å². The molecule has 94 valence electrons. The maximum atomic E-state index is 11.7. The lowest BCUT2D eigenvalue weighted by Crippen LogP contribution is -2.36. The Morgan fingerprint density at radius 3 is 2.41 bits per heavy atom. The molecule has 1 aromatic rings. The lowest BCUT2D eigenvalue weighted by atomic mass is 10.2. The summed E-state index contributed by atoms with van der Waals surface area (Å²) in [5, 5.41) is 3.15. The van der Waals surface area contributed by atoms with Crippen molar-refractivity contribution in [2.45, 2.75) is 19.9 Å². The largest absolute Gasteiger partial charge is 0.494 e. The van der Waals surface area contributed by atoms with E-state index in [4.69, 9.17) is 4.74 Å². The van der Waals surface area contributed by atoms with Gasteiger partial charge in [0.05, 0.1) is 6.61 Å². The van der Waals surface area contributed by atoms with E-state index < -0.39 is 0 Å². The molecule has 1 rings (SSSR count). The molecule has 4 heteroatoms. The minimum absolute atomic E-state index is 0.0545. The summed E-state index contributed by atoms with van der Waals surface area (Å²) in [5.74, 6) is 0.892. The highest BCUT2D eigenvalue weighted by Crippen LogP contribution is 2.16. The third-order valence-electron chi connectivity index (χ3n) is 2.36. The average molecular weight is 236 g/mol. The van der Waals surface area contributed by atoms with Gasteiger partial charge in [-0.05, 0) is 38.1 Å². The van der Waals surface area contributed by atoms with Gasteiger partial charge in [-0.3, -0.25) is 4.79 Å². The Morgan fingerprint density at radius 1 is 1.35 bits per heavy atom. The predicted molar refractivity (Wildman–Crippen MR) is 69.4 cm³/mol. The first-order valence-corrected chi connectivity index (χ1v) is 5.75. The molecule has 0 radical (unpaired) electrons. The van der Waals surface area contributed by atoms with Gasteiger partial charge in [-0.1, -0.05) is 0 Å². The molecule has 0 bridgehead atoms. The topological polar surface area (TPSA) is 41.6 Å². The fourth-order valence-corrected chi connectivity index (χ4v) is 1.51. The van der Waals surface area contributed by atoms with E-state index >= 15 is 0 Å². The van der Waals surface area contributed by atoms with Crippen molar-refractivity contribution in [2.75, 3.05) is 26.0 Å². The molecule has 0 unspecified atom stereocenters. The molecule has 1 amide bonds. The number of rotatable bonds is 5. The molecule has 0 aliphatic carbocycles. The minimum atomic E-state index is -0.233. The van der Waals surface area contributed by atoms with Crippen LogP contribution in [0.3, 0.4) is 0 Å². The summed E-state index contributed by atoms with van der Waals surface area (Å²) in [5.41, 5.74) is 0.913. The smallest absolute Gasteiger partial charge is 0.244 e. The summed E-state index contributed by atoms with van der Waals surface area (Å²) in [7, 11) is 3.50. The molecule has 0 fully saturated rings. The highest BCUT2D eigenvalue weighted by Gasteiger charge is 2.13. The van der Waals surface area contributed by atoms with Crippen molar-refractivity contribution >= 4 is 11.6 Å². The number of amides is 1. The molecule has 0 saturated heterocycles. The van der Waals surface area contributed by atoms with Crippen LogP contribution in [0.2, 0.25) is 0 Å². The minimum Gasteiger partial charge on any atom is -0.494 e. The van der Waals surface area contributed by atoms with Crippen LogP contribution in [0.1, 0.15) is 13.8 Å². The molecule has 0 aliphatic heterocycles. The van der Waals surface area contributed by atoms with Gasteiger partial charge < -0.3 is 15.0 Å². The van der Waals surface area contributed by atoms with Crippen molar-refractivity contribution in [1.82, 2.24) is 4.90 Å². The van der Waals surface area contributed by atoms with E-state index in [-0.39, 0.29) is 11.9 Å². The number of carbonyl (C=O) groups is 1. The number of hydrogen-bond donors (Lipinski definition) is 1. The van der Waals surface area contributed by atoms with Crippen LogP contribution in [-0.4, -0.2) is 37.6 Å². The zero-order chi connectivity index (χ0) is 12.8. The van der Waals surface area contributed by atoms with Crippen LogP contribution in [0, 0.1) is 0 Å². The number of likely N-dealkylation sites (N-methyl/N-ethyl adjacent to an activating group) is 1. The van der Waals surface area contributed by atoms with Gasteiger partial charge in [0.1, 0.15) is 11.8 Å². The zero-order valence-electron chi connectivity index (χ0n) is 10.9. The van der Waals surface area contributed by atoms with E-state index in [2.05, 4.69) is 5.32 Å². The number of nitrogens with zero attached hydrogens (tertiary/aromatic N) is 1. The quantitative estimate of drug-likeness (QED) is 0.850. The van der Waals surface area contributed by atoms with Crippen LogP contribution in [-0.2, 0) is 4.79 Å². The Hall–Kier alpha value is -1.71. The van der Waals surface area contributed by atoms with E-state index in [1.54, 1.807) is 19.0 Å². The second-order valence-electron chi connectivity index (χ2n) is 4.06. The summed E-state index contributed by atoms with van der Waals surface area (Å²) in [4.78, 5) is 13.2. The molecule has 0 aliphatic rings. The summed E-state index contributed by atoms with van der Waals surface area (Å²) < 4.78 is 5.35. The van der Waals surface area contributed by atoms with Crippen molar-refractivity contribution in [3.8, 4) is 5.75 Å². The Bertz CT molecular complexity index is 360. The molecular weight excluding hydrogens is 216 g/mol. The maximum Gasteiger partial charge on any atom is 0.244 e. The van der Waals surface area contributed by atoms with Crippen LogP contribution in [0.5, 0.6) is 5.75 Å². The number of nitrogens with one attached hydrogen (secondary N) is 1. The van der Waals surface area contributed by atoms with Crippen LogP contribution in [0.4, 0.5) is 5.69 Å². The normalized spacial score (nSPS) is 11.8. The number of hydrogen-bond acceptors (Lipinski definition) is 3. The Kier molecular flexibility index (Phi) is 4.82. The van der Waals surface area contributed by atoms with Crippen molar-refractivity contribution in [3.63, 3.8) is 0 Å². The zero-order valence-corrected chi connectivity index (χ0v) is 10.9. The number of ether oxygens (including phenoxy) is 1. The summed E-state index contributed by atoms with van der Waals surface area (Å²) in [6, 6.07) is 7.36. The van der Waals surface area contributed by atoms with Gasteiger partial charge in [-0.15, -0.1) is 0 Å². The van der Waals surface area contributed by atoms with Crippen LogP contribution >= 0.6 is 0 Å². The second kappa shape index (κ2) is 6.13. The van der Waals surface area contributed by atoms with E-state index in [1.165, 1.54) is 0 Å². The van der Waals surface area contributed by atoms with Crippen LogP contribution in [0.15, 0.2) is 24.3 Å². The van der Waals surface area contributed by atoms with Gasteiger partial charge >= 0.3 is 0 Å². The summed E-state index contributed by atoms with van der Waals surface area (Å²) in [6.45, 7) is 4.45. The van der Waals surface area contributed by atoms with Crippen LogP contribution in [0.25, 0.3) is 0 Å². The molecule has 0 aromatic heterocycles. The third kappa shape index (κ3) is 3.98. The van der Waals surface area contributed by atoms with E-state index in [9.17, 15) is 4.79 Å². The summed E-state index contributed by atoms with van der Waals surface area (Å²) >= 11 is 0. The number of carbonyl (C=O) groups excluding carboxylic acids is 1. The van der Waals surface area contributed by atoms with E-state index in [1.807, 2.05) is 38.1 Å². The molecule has 4 nitrogen and oxygen atoms in total. The van der Waals surface area contributed by atoms with Gasteiger partial charge in [-0.25, -0.2) is 0 Å². The molecule has 0 heterocycles. The highest BCUT2D eigenvalue weighted by molar-refractivity contribution is 5.83. The first-order valence-electron chi connectivity index (χ1n) is 5.75. The van der Waals surface area contributed by atoms with Crippen molar-refractivity contribution < 1.29 is 9.53 Å². The fourth-order valence-electron chi connectivity index (χ4n) is 1.51. The molecule has 0 saturated carbocycles. The number of anilines is 1. The first-order chi connectivity index (χ1) is 8.04. The highest BCUT2D eigenvalue weighted by atomic mass is 16.5. The fraction of sp³-hybridized carbons (Fsp3) is 0.462. The van der Waals surface area contributed by atoms with Gasteiger partial charge in [-0.2, -0.15) is 0 Å². The van der Waals surface area contributed by atoms with Gasteiger partial charge in [0.15, 0.2) is 0 Å². The van der Waals surface area contributed by atoms with E-state index in [0.717, 1.165) is 11.4 Å². The summed E-state index contributed by atoms with van der Waals surface area (Å²) in [6.07, 6.45) is 0. The predicted octanol–water partition coefficient (Wildman–Crippen LogP) is 1.97. The second-order valence-corrected chi connectivity index (χ2v) is 4.06. The monoisotopic (exact) mass is 236 g/mol. The Balaban J connectivity index is 2.60. The van der Waals surface area contributed by atoms with Gasteiger partial charge in [0, 0.05) is 19.8 Å². The molecule has 1 N–H and O–H groups in total. The lowest BCUT2D eigenvalue weighted by molar-refractivity contribution is -0.129. The first kappa shape index (κ1) is 13.4. The van der Waals surface area contributed by atoms with Crippen LogP contribution < -0.4 is 10.1 Å². The molecule has 0 spiro atoms. The van der Waals surface area contributed by atoms with Crippen molar-refractivity contribution in [3.05, 3.63) is 24.3 Å².